The van der Waals surface area contributed by atoms with Crippen molar-refractivity contribution in [2.75, 3.05) is 10.6 Å². The van der Waals surface area contributed by atoms with Crippen LogP contribution in [0.25, 0.3) is 0 Å². The van der Waals surface area contributed by atoms with E-state index >= 15 is 0 Å². The van der Waals surface area contributed by atoms with Crippen molar-refractivity contribution >= 4 is 29.3 Å². The van der Waals surface area contributed by atoms with Crippen LogP contribution in [0.2, 0.25) is 5.02 Å². The summed E-state index contributed by atoms with van der Waals surface area (Å²) in [6.45, 7) is 0. The molecule has 3 N–H and O–H groups in total. The minimum atomic E-state index is -0.465. The fourth-order valence-corrected chi connectivity index (χ4v) is 2.88. The van der Waals surface area contributed by atoms with Gasteiger partial charge in [-0.2, -0.15) is 0 Å². The molecular weight excluding hydrogens is 318 g/mol. The number of hydrogen-bond acceptors (Lipinski definition) is 4. The summed E-state index contributed by atoms with van der Waals surface area (Å²) in [5, 5.41) is 19.0. The number of hydrogen-bond donors (Lipinski definition) is 3. The number of aromatic hydroxyl groups is 1. The summed E-state index contributed by atoms with van der Waals surface area (Å²) in [5.41, 5.74) is 0.469. The van der Waals surface area contributed by atoms with Crippen LogP contribution in [0.3, 0.4) is 0 Å². The molecule has 0 spiro atoms. The molecule has 122 valence electrons. The van der Waals surface area contributed by atoms with E-state index in [0.29, 0.717) is 11.7 Å². The fraction of sp³-hybridized carbons (Fsp3) is 0.400. The lowest BCUT2D eigenvalue weighted by Gasteiger charge is -2.21. The molecule has 0 aliphatic heterocycles. The Kier molecular flexibility index (Phi) is 4.66. The Morgan fingerprint density at radius 3 is 2.78 bits per heavy atom. The molecule has 23 heavy (non-hydrogen) atoms. The lowest BCUT2D eigenvalue weighted by atomic mass is 9.96. The van der Waals surface area contributed by atoms with Crippen LogP contribution in [0.15, 0.2) is 24.5 Å². The maximum atomic E-state index is 11.9. The number of carbonyl (C=O) groups is 1. The van der Waals surface area contributed by atoms with Crippen molar-refractivity contribution in [1.29, 1.82) is 0 Å². The Bertz CT molecular complexity index is 697. The monoisotopic (exact) mass is 335 g/mol. The molecule has 0 unspecified atom stereocenters. The second kappa shape index (κ2) is 6.87. The first-order valence-electron chi connectivity index (χ1n) is 7.59. The van der Waals surface area contributed by atoms with Gasteiger partial charge in [0.1, 0.15) is 12.1 Å². The van der Waals surface area contributed by atoms with E-state index in [-0.39, 0.29) is 16.7 Å². The molecule has 2 amide bonds. The second-order valence-electron chi connectivity index (χ2n) is 5.59. The minimum absolute atomic E-state index is 0.0366. The molecule has 2 aromatic rings. The van der Waals surface area contributed by atoms with E-state index in [2.05, 4.69) is 20.7 Å². The Morgan fingerprint density at radius 2 is 2.04 bits per heavy atom. The molecule has 1 fully saturated rings. The first kappa shape index (κ1) is 15.6. The van der Waals surface area contributed by atoms with Crippen molar-refractivity contribution in [3.05, 3.63) is 29.5 Å². The summed E-state index contributed by atoms with van der Waals surface area (Å²) in [4.78, 5) is 16.1. The van der Waals surface area contributed by atoms with Gasteiger partial charge in [-0.05, 0) is 31.0 Å². The minimum Gasteiger partial charge on any atom is -0.506 e. The number of nitrogens with zero attached hydrogens (tertiary/aromatic N) is 3. The number of phenols is 1. The van der Waals surface area contributed by atoms with Crippen molar-refractivity contribution in [3.63, 3.8) is 0 Å². The number of urea groups is 1. The second-order valence-corrected chi connectivity index (χ2v) is 5.99. The van der Waals surface area contributed by atoms with Crippen molar-refractivity contribution in [1.82, 2.24) is 14.8 Å². The van der Waals surface area contributed by atoms with Crippen molar-refractivity contribution in [2.45, 2.75) is 38.1 Å². The predicted octanol–water partition coefficient (Wildman–Crippen LogP) is 3.79. The Balaban J connectivity index is 1.59. The van der Waals surface area contributed by atoms with Gasteiger partial charge in [-0.15, -0.1) is 5.10 Å². The molecule has 8 heteroatoms. The molecular formula is C15H18ClN5O2. The number of benzene rings is 1. The van der Waals surface area contributed by atoms with Gasteiger partial charge >= 0.3 is 6.03 Å². The van der Waals surface area contributed by atoms with Crippen LogP contribution in [0.5, 0.6) is 5.75 Å². The average molecular weight is 336 g/mol. The van der Waals surface area contributed by atoms with Gasteiger partial charge < -0.3 is 10.4 Å². The average Bonchev–Trinajstić information content (AvgIpc) is 3.00. The van der Waals surface area contributed by atoms with E-state index < -0.39 is 6.03 Å². The van der Waals surface area contributed by atoms with Crippen LogP contribution < -0.4 is 10.6 Å². The molecule has 1 aliphatic rings. The summed E-state index contributed by atoms with van der Waals surface area (Å²) in [6, 6.07) is 4.33. The normalized spacial score (nSPS) is 15.3. The topological polar surface area (TPSA) is 92.1 Å². The first-order valence-corrected chi connectivity index (χ1v) is 7.97. The maximum absolute atomic E-state index is 11.9. The summed E-state index contributed by atoms with van der Waals surface area (Å²) in [5.74, 6) is 0.225. The highest BCUT2D eigenvalue weighted by molar-refractivity contribution is 6.32. The molecule has 1 heterocycles. The maximum Gasteiger partial charge on any atom is 0.326 e. The van der Waals surface area contributed by atoms with E-state index in [1.54, 1.807) is 12.4 Å². The molecule has 1 aromatic carbocycles. The molecule has 1 aliphatic carbocycles. The van der Waals surface area contributed by atoms with Gasteiger partial charge in [-0.25, -0.2) is 14.5 Å². The summed E-state index contributed by atoms with van der Waals surface area (Å²) < 4.78 is 1.83. The Hall–Kier alpha value is -2.28. The molecule has 0 radical (unpaired) electrons. The standard InChI is InChI=1S/C15H18ClN5O2/c16-12-8-10(6-7-13(12)22)18-15(23)19-14-17-9-21(20-14)11-4-2-1-3-5-11/h6-9,11,22H,1-5H2,(H2,18,19,20,23). The molecule has 7 nitrogen and oxygen atoms in total. The molecule has 1 saturated carbocycles. The number of carbonyl (C=O) groups excluding carboxylic acids is 1. The van der Waals surface area contributed by atoms with Crippen LogP contribution in [0.4, 0.5) is 16.4 Å². The molecule has 0 saturated heterocycles. The molecule has 0 bridgehead atoms. The predicted molar refractivity (Wildman–Crippen MR) is 87.9 cm³/mol. The van der Waals surface area contributed by atoms with E-state index in [1.165, 1.54) is 31.4 Å². The molecule has 3 rings (SSSR count). The number of anilines is 2. The largest absolute Gasteiger partial charge is 0.506 e. The van der Waals surface area contributed by atoms with E-state index in [9.17, 15) is 9.90 Å². The molecule has 1 aromatic heterocycles. The van der Waals surface area contributed by atoms with Crippen LogP contribution in [-0.2, 0) is 0 Å². The first-order chi connectivity index (χ1) is 11.1. The number of nitrogens with one attached hydrogen (secondary N) is 2. The van der Waals surface area contributed by atoms with Crippen LogP contribution in [0, 0.1) is 0 Å². The van der Waals surface area contributed by atoms with Gasteiger partial charge in [0, 0.05) is 5.69 Å². The quantitative estimate of drug-likeness (QED) is 0.744. The van der Waals surface area contributed by atoms with Gasteiger partial charge in [-0.3, -0.25) is 5.32 Å². The number of halogens is 1. The van der Waals surface area contributed by atoms with Gasteiger partial charge in [0.2, 0.25) is 5.95 Å². The highest BCUT2D eigenvalue weighted by Gasteiger charge is 2.17. The zero-order valence-electron chi connectivity index (χ0n) is 12.5. The third-order valence-corrected chi connectivity index (χ3v) is 4.19. The lowest BCUT2D eigenvalue weighted by Crippen LogP contribution is -2.20. The highest BCUT2D eigenvalue weighted by Crippen LogP contribution is 2.28. The lowest BCUT2D eigenvalue weighted by molar-refractivity contribution is 0.262. The third-order valence-electron chi connectivity index (χ3n) is 3.89. The van der Waals surface area contributed by atoms with Crippen molar-refractivity contribution in [2.24, 2.45) is 0 Å². The van der Waals surface area contributed by atoms with Gasteiger partial charge in [0.05, 0.1) is 11.1 Å². The Labute approximate surface area is 138 Å². The van der Waals surface area contributed by atoms with Gasteiger partial charge in [-0.1, -0.05) is 30.9 Å². The highest BCUT2D eigenvalue weighted by atomic mass is 35.5. The zero-order valence-corrected chi connectivity index (χ0v) is 13.3. The summed E-state index contributed by atoms with van der Waals surface area (Å²) in [7, 11) is 0. The summed E-state index contributed by atoms with van der Waals surface area (Å²) >= 11 is 5.80. The third kappa shape index (κ3) is 3.92. The number of aromatic nitrogens is 3. The van der Waals surface area contributed by atoms with Crippen LogP contribution in [0.1, 0.15) is 38.1 Å². The van der Waals surface area contributed by atoms with Gasteiger partial charge in [0.15, 0.2) is 0 Å². The number of rotatable bonds is 3. The molecule has 0 atom stereocenters. The van der Waals surface area contributed by atoms with Crippen LogP contribution in [-0.4, -0.2) is 25.9 Å². The fourth-order valence-electron chi connectivity index (χ4n) is 2.70. The van der Waals surface area contributed by atoms with Crippen molar-refractivity contribution < 1.29 is 9.90 Å². The number of amides is 2. The van der Waals surface area contributed by atoms with E-state index in [1.807, 2.05) is 4.68 Å². The smallest absolute Gasteiger partial charge is 0.326 e. The zero-order chi connectivity index (χ0) is 16.2. The van der Waals surface area contributed by atoms with E-state index in [4.69, 9.17) is 11.6 Å². The number of phenolic OH excluding ortho intramolecular Hbond substituents is 1. The summed E-state index contributed by atoms with van der Waals surface area (Å²) in [6.07, 6.45) is 7.53. The van der Waals surface area contributed by atoms with Gasteiger partial charge in [0.25, 0.3) is 0 Å². The van der Waals surface area contributed by atoms with E-state index in [0.717, 1.165) is 12.8 Å². The van der Waals surface area contributed by atoms with Crippen molar-refractivity contribution in [3.8, 4) is 5.75 Å². The van der Waals surface area contributed by atoms with Crippen LogP contribution >= 0.6 is 11.6 Å². The Morgan fingerprint density at radius 1 is 1.26 bits per heavy atom. The SMILES string of the molecule is O=C(Nc1ccc(O)c(Cl)c1)Nc1ncn(C2CCCCC2)n1.